The fraction of sp³-hybridized carbons (Fsp3) is 0.333. The number of likely N-dealkylation sites (tertiary alicyclic amines) is 1. The predicted octanol–water partition coefficient (Wildman–Crippen LogP) is 4.30. The molecule has 1 aromatic carbocycles. The molecule has 22 heavy (non-hydrogen) atoms. The molecule has 114 valence electrons. The van der Waals surface area contributed by atoms with Crippen LogP contribution >= 0.6 is 15.9 Å². The summed E-state index contributed by atoms with van der Waals surface area (Å²) in [7, 11) is 0. The number of hydrogen-bond acceptors (Lipinski definition) is 2. The van der Waals surface area contributed by atoms with Crippen LogP contribution in [0.2, 0.25) is 0 Å². The van der Waals surface area contributed by atoms with Crippen molar-refractivity contribution in [3.63, 3.8) is 0 Å². The molecule has 0 spiro atoms. The molecule has 3 nitrogen and oxygen atoms in total. The van der Waals surface area contributed by atoms with E-state index in [1.54, 1.807) is 0 Å². The number of halogens is 1. The number of aromatic nitrogens is 1. The van der Waals surface area contributed by atoms with Crippen LogP contribution in [0.25, 0.3) is 11.3 Å². The van der Waals surface area contributed by atoms with Crippen molar-refractivity contribution in [2.45, 2.75) is 20.3 Å². The monoisotopic (exact) mass is 358 g/mol. The van der Waals surface area contributed by atoms with Gasteiger partial charge in [-0.1, -0.05) is 35.0 Å². The molecule has 1 amide bonds. The Morgan fingerprint density at radius 2 is 2.14 bits per heavy atom. The Morgan fingerprint density at radius 3 is 2.77 bits per heavy atom. The van der Waals surface area contributed by atoms with E-state index in [4.69, 9.17) is 0 Å². The summed E-state index contributed by atoms with van der Waals surface area (Å²) in [6.45, 7) is 5.81. The number of carbonyl (C=O) groups is 1. The van der Waals surface area contributed by atoms with Crippen LogP contribution in [0.5, 0.6) is 0 Å². The van der Waals surface area contributed by atoms with Gasteiger partial charge in [0.25, 0.3) is 5.91 Å². The van der Waals surface area contributed by atoms with Gasteiger partial charge < -0.3 is 4.90 Å². The zero-order chi connectivity index (χ0) is 15.7. The highest BCUT2D eigenvalue weighted by molar-refractivity contribution is 9.10. The first-order chi connectivity index (χ1) is 10.5. The van der Waals surface area contributed by atoms with E-state index in [0.29, 0.717) is 11.5 Å². The summed E-state index contributed by atoms with van der Waals surface area (Å²) in [6.07, 6.45) is 1.09. The minimum Gasteiger partial charge on any atom is -0.338 e. The van der Waals surface area contributed by atoms with Gasteiger partial charge in [-0.05, 0) is 43.5 Å². The van der Waals surface area contributed by atoms with Gasteiger partial charge in [-0.2, -0.15) is 0 Å². The Hall–Kier alpha value is -1.68. The molecule has 0 aliphatic carbocycles. The molecule has 0 unspecified atom stereocenters. The fourth-order valence-electron chi connectivity index (χ4n) is 2.89. The van der Waals surface area contributed by atoms with Crippen LogP contribution in [0.3, 0.4) is 0 Å². The summed E-state index contributed by atoms with van der Waals surface area (Å²) in [4.78, 5) is 19.2. The number of amides is 1. The molecule has 0 saturated carbocycles. The Bertz CT molecular complexity index is 714. The summed E-state index contributed by atoms with van der Waals surface area (Å²) in [5.41, 5.74) is 3.45. The van der Waals surface area contributed by atoms with Gasteiger partial charge in [0.05, 0.1) is 17.0 Å². The maximum Gasteiger partial charge on any atom is 0.255 e. The maximum atomic E-state index is 12.6. The molecule has 4 heteroatoms. The van der Waals surface area contributed by atoms with Crippen LogP contribution in [0, 0.1) is 12.8 Å². The summed E-state index contributed by atoms with van der Waals surface area (Å²) in [5, 5.41) is 0. The number of aryl methyl sites for hydroxylation is 1. The van der Waals surface area contributed by atoms with Crippen molar-refractivity contribution in [3.8, 4) is 11.3 Å². The standard InChI is InChI=1S/C18H19BrN2O/c1-12-8-9-21(11-12)18(22)16-6-7-17(20-13(16)2)14-4-3-5-15(19)10-14/h3-7,10,12H,8-9,11H2,1-2H3/t12-/m0/s1. The lowest BCUT2D eigenvalue weighted by atomic mass is 10.1. The Balaban J connectivity index is 1.88. The van der Waals surface area contributed by atoms with Crippen LogP contribution < -0.4 is 0 Å². The van der Waals surface area contributed by atoms with Gasteiger partial charge in [-0.25, -0.2) is 0 Å². The largest absolute Gasteiger partial charge is 0.338 e. The summed E-state index contributed by atoms with van der Waals surface area (Å²) >= 11 is 3.48. The summed E-state index contributed by atoms with van der Waals surface area (Å²) in [6, 6.07) is 11.9. The van der Waals surface area contributed by atoms with E-state index in [2.05, 4.69) is 27.8 Å². The highest BCUT2D eigenvalue weighted by Gasteiger charge is 2.25. The molecule has 0 radical (unpaired) electrons. The van der Waals surface area contributed by atoms with Crippen LogP contribution in [0.15, 0.2) is 40.9 Å². The van der Waals surface area contributed by atoms with Crippen molar-refractivity contribution in [1.82, 2.24) is 9.88 Å². The zero-order valence-corrected chi connectivity index (χ0v) is 14.4. The van der Waals surface area contributed by atoms with Gasteiger partial charge in [0.15, 0.2) is 0 Å². The van der Waals surface area contributed by atoms with E-state index in [1.807, 2.05) is 48.2 Å². The Morgan fingerprint density at radius 1 is 1.32 bits per heavy atom. The second-order valence-corrected chi connectivity index (χ2v) is 6.90. The van der Waals surface area contributed by atoms with Crippen molar-refractivity contribution < 1.29 is 4.79 Å². The first-order valence-electron chi connectivity index (χ1n) is 7.57. The molecular formula is C18H19BrN2O. The van der Waals surface area contributed by atoms with Gasteiger partial charge in [0, 0.05) is 23.1 Å². The van der Waals surface area contributed by atoms with E-state index in [1.165, 1.54) is 0 Å². The molecule has 0 bridgehead atoms. The van der Waals surface area contributed by atoms with E-state index < -0.39 is 0 Å². The van der Waals surface area contributed by atoms with Gasteiger partial charge in [0.2, 0.25) is 0 Å². The first-order valence-corrected chi connectivity index (χ1v) is 8.37. The highest BCUT2D eigenvalue weighted by Crippen LogP contribution is 2.24. The number of rotatable bonds is 2. The third kappa shape index (κ3) is 3.07. The van der Waals surface area contributed by atoms with Crippen molar-refractivity contribution in [2.24, 2.45) is 5.92 Å². The molecule has 1 aromatic heterocycles. The van der Waals surface area contributed by atoms with Crippen molar-refractivity contribution >= 4 is 21.8 Å². The van der Waals surface area contributed by atoms with Gasteiger partial charge >= 0.3 is 0 Å². The van der Waals surface area contributed by atoms with E-state index in [9.17, 15) is 4.79 Å². The zero-order valence-electron chi connectivity index (χ0n) is 12.8. The van der Waals surface area contributed by atoms with Crippen LogP contribution in [0.4, 0.5) is 0 Å². The SMILES string of the molecule is Cc1nc(-c2cccc(Br)c2)ccc1C(=O)N1CC[C@H](C)C1. The van der Waals surface area contributed by atoms with E-state index >= 15 is 0 Å². The normalized spacial score (nSPS) is 17.8. The van der Waals surface area contributed by atoms with Gasteiger partial charge in [-0.3, -0.25) is 9.78 Å². The van der Waals surface area contributed by atoms with E-state index in [-0.39, 0.29) is 5.91 Å². The molecule has 1 aliphatic rings. The third-order valence-corrected chi connectivity index (χ3v) is 4.64. The average molecular weight is 359 g/mol. The van der Waals surface area contributed by atoms with Crippen molar-refractivity contribution in [3.05, 3.63) is 52.1 Å². The predicted molar refractivity (Wildman–Crippen MR) is 91.8 cm³/mol. The lowest BCUT2D eigenvalue weighted by Gasteiger charge is -2.17. The topological polar surface area (TPSA) is 33.2 Å². The number of carbonyl (C=O) groups excluding carboxylic acids is 1. The number of benzene rings is 1. The molecule has 1 atom stereocenters. The van der Waals surface area contributed by atoms with E-state index in [0.717, 1.165) is 40.9 Å². The number of pyridine rings is 1. The van der Waals surface area contributed by atoms with Crippen molar-refractivity contribution in [2.75, 3.05) is 13.1 Å². The van der Waals surface area contributed by atoms with Crippen LogP contribution in [-0.4, -0.2) is 28.9 Å². The quantitative estimate of drug-likeness (QED) is 0.801. The van der Waals surface area contributed by atoms with Gasteiger partial charge in [-0.15, -0.1) is 0 Å². The number of nitrogens with zero attached hydrogens (tertiary/aromatic N) is 2. The minimum atomic E-state index is 0.107. The summed E-state index contributed by atoms with van der Waals surface area (Å²) < 4.78 is 1.02. The molecule has 0 N–H and O–H groups in total. The third-order valence-electron chi connectivity index (χ3n) is 4.15. The molecule has 1 saturated heterocycles. The molecule has 3 rings (SSSR count). The second-order valence-electron chi connectivity index (χ2n) is 5.98. The highest BCUT2D eigenvalue weighted by atomic mass is 79.9. The Labute approximate surface area is 139 Å². The summed E-state index contributed by atoms with van der Waals surface area (Å²) in [5.74, 6) is 0.702. The minimum absolute atomic E-state index is 0.107. The molecule has 1 aliphatic heterocycles. The Kier molecular flexibility index (Phi) is 4.30. The smallest absolute Gasteiger partial charge is 0.255 e. The maximum absolute atomic E-state index is 12.6. The second kappa shape index (κ2) is 6.21. The molecule has 2 heterocycles. The van der Waals surface area contributed by atoms with Crippen LogP contribution in [-0.2, 0) is 0 Å². The molecular weight excluding hydrogens is 340 g/mol. The lowest BCUT2D eigenvalue weighted by Crippen LogP contribution is -2.29. The van der Waals surface area contributed by atoms with Crippen LogP contribution in [0.1, 0.15) is 29.4 Å². The first kappa shape index (κ1) is 15.2. The number of hydrogen-bond donors (Lipinski definition) is 0. The average Bonchev–Trinajstić information content (AvgIpc) is 2.93. The molecule has 1 fully saturated rings. The van der Waals surface area contributed by atoms with Gasteiger partial charge in [0.1, 0.15) is 0 Å². The van der Waals surface area contributed by atoms with Crippen molar-refractivity contribution in [1.29, 1.82) is 0 Å². The molecule has 2 aromatic rings. The fourth-order valence-corrected chi connectivity index (χ4v) is 3.28. The lowest BCUT2D eigenvalue weighted by molar-refractivity contribution is 0.0787.